The lowest BCUT2D eigenvalue weighted by atomic mass is 9.88. The van der Waals surface area contributed by atoms with E-state index in [2.05, 4.69) is 5.32 Å². The predicted octanol–water partition coefficient (Wildman–Crippen LogP) is -11.8. The molecule has 0 radical (unpaired) electrons. The van der Waals surface area contributed by atoms with Gasteiger partial charge in [0.15, 0.2) is 12.6 Å². The molecule has 3 aliphatic heterocycles. The van der Waals surface area contributed by atoms with Gasteiger partial charge in [0, 0.05) is 6.42 Å². The normalized spacial score (nSPS) is 40.4. The fourth-order valence-corrected chi connectivity index (χ4v) is 6.24. The van der Waals surface area contributed by atoms with Gasteiger partial charge in [0.2, 0.25) is 5.91 Å². The Morgan fingerprint density at radius 1 is 0.727 bits per heavy atom. The highest BCUT2D eigenvalue weighted by molar-refractivity contribution is 5.78. The number of hydrogen-bond acceptors (Lipinski definition) is 24. The van der Waals surface area contributed by atoms with Gasteiger partial charge in [0.1, 0.15) is 98.2 Å². The highest BCUT2D eigenvalue weighted by atomic mass is 16.8. The van der Waals surface area contributed by atoms with Crippen molar-refractivity contribution in [2.75, 3.05) is 39.6 Å². The van der Waals surface area contributed by atoms with Gasteiger partial charge in [-0.2, -0.15) is 0 Å². The van der Waals surface area contributed by atoms with Gasteiger partial charge in [-0.15, -0.1) is 0 Å². The van der Waals surface area contributed by atoms with Crippen LogP contribution in [0.1, 0.15) is 6.42 Å². The number of ether oxygens (including phenoxy) is 6. The van der Waals surface area contributed by atoms with Crippen LogP contribution in [-0.2, 0) is 38.0 Å². The number of aliphatic carboxylic acids is 1. The molecule has 20 atom stereocenters. The molecule has 0 aliphatic carbocycles. The Morgan fingerprint density at radius 2 is 1.25 bits per heavy atom. The average molecular weight is 814 g/mol. The number of carboxylic acid groups (broad SMARTS) is 1. The minimum atomic E-state index is -3.20. The van der Waals surface area contributed by atoms with Gasteiger partial charge < -0.3 is 121 Å². The van der Waals surface area contributed by atoms with Crippen molar-refractivity contribution in [1.82, 2.24) is 5.32 Å². The molecule has 0 saturated carbocycles. The number of hydrogen-bond donors (Lipinski definition) is 18. The lowest BCUT2D eigenvalue weighted by Gasteiger charge is -2.50. The third kappa shape index (κ3) is 10.6. The predicted molar refractivity (Wildman–Crippen MR) is 166 cm³/mol. The molecule has 55 heavy (non-hydrogen) atoms. The number of aliphatic hydroxyl groups is 16. The quantitative estimate of drug-likeness (QED) is 0.0575. The Bertz CT molecular complexity index is 1210. The second-order valence-electron chi connectivity index (χ2n) is 13.1. The summed E-state index contributed by atoms with van der Waals surface area (Å²) in [5, 5.41) is 176. The topological polar surface area (TPSA) is 445 Å². The summed E-state index contributed by atoms with van der Waals surface area (Å²) in [6.07, 6.45) is -38.9. The molecule has 3 aliphatic rings. The minimum absolute atomic E-state index is 1.03. The van der Waals surface area contributed by atoms with Crippen LogP contribution in [0.5, 0.6) is 0 Å². The molecule has 0 spiro atoms. The zero-order valence-corrected chi connectivity index (χ0v) is 28.8. The first kappa shape index (κ1) is 47.4. The maximum atomic E-state index is 12.8. The van der Waals surface area contributed by atoms with Crippen molar-refractivity contribution >= 4 is 11.9 Å². The van der Waals surface area contributed by atoms with Gasteiger partial charge in [0.25, 0.3) is 5.79 Å². The van der Waals surface area contributed by atoms with E-state index in [0.717, 1.165) is 0 Å². The Balaban J connectivity index is 1.97. The molecule has 3 saturated heterocycles. The van der Waals surface area contributed by atoms with E-state index in [4.69, 9.17) is 28.4 Å². The molecular weight excluding hydrogens is 762 g/mol. The van der Waals surface area contributed by atoms with Gasteiger partial charge in [0.05, 0.1) is 45.2 Å². The zero-order valence-electron chi connectivity index (χ0n) is 28.8. The lowest BCUT2D eigenvalue weighted by molar-refractivity contribution is -0.389. The van der Waals surface area contributed by atoms with E-state index in [1.54, 1.807) is 0 Å². The molecule has 3 rings (SSSR count). The molecule has 0 bridgehead atoms. The number of nitrogens with one attached hydrogen (secondary N) is 1. The van der Waals surface area contributed by atoms with Crippen LogP contribution in [-0.4, -0.2) is 260 Å². The highest BCUT2D eigenvalue weighted by Crippen LogP contribution is 2.38. The Kier molecular flexibility index (Phi) is 17.8. The molecule has 3 fully saturated rings. The van der Waals surface area contributed by atoms with E-state index in [9.17, 15) is 96.4 Å². The molecule has 322 valence electrons. The van der Waals surface area contributed by atoms with Crippen LogP contribution >= 0.6 is 0 Å². The van der Waals surface area contributed by atoms with Crippen molar-refractivity contribution in [1.29, 1.82) is 0 Å². The summed E-state index contributed by atoms with van der Waals surface area (Å²) in [7, 11) is 0. The molecule has 0 aromatic rings. The molecular formula is C29H51NO25. The van der Waals surface area contributed by atoms with Gasteiger partial charge >= 0.3 is 5.97 Å². The van der Waals surface area contributed by atoms with Crippen LogP contribution in [0.4, 0.5) is 0 Å². The van der Waals surface area contributed by atoms with E-state index < -0.39 is 180 Å². The van der Waals surface area contributed by atoms with E-state index in [-0.39, 0.29) is 0 Å². The zero-order chi connectivity index (χ0) is 41.5. The summed E-state index contributed by atoms with van der Waals surface area (Å²) >= 11 is 0. The number of carbonyl (C=O) groups is 2. The third-order valence-electron chi connectivity index (χ3n) is 9.32. The molecule has 3 heterocycles. The van der Waals surface area contributed by atoms with Gasteiger partial charge in [-0.3, -0.25) is 4.79 Å². The second-order valence-corrected chi connectivity index (χ2v) is 13.1. The summed E-state index contributed by atoms with van der Waals surface area (Å²) in [6, 6.07) is -1.77. The molecule has 26 heteroatoms. The summed E-state index contributed by atoms with van der Waals surface area (Å²) < 4.78 is 32.7. The molecule has 0 unspecified atom stereocenters. The molecule has 26 nitrogen and oxygen atoms in total. The van der Waals surface area contributed by atoms with Gasteiger partial charge in [-0.25, -0.2) is 4.79 Å². The minimum Gasteiger partial charge on any atom is -0.477 e. The van der Waals surface area contributed by atoms with E-state index in [1.165, 1.54) is 0 Å². The largest absolute Gasteiger partial charge is 0.477 e. The van der Waals surface area contributed by atoms with Crippen LogP contribution in [0.15, 0.2) is 0 Å². The van der Waals surface area contributed by atoms with Gasteiger partial charge in [-0.1, -0.05) is 0 Å². The standard InChI is InChI=1S/C29H51NO25/c31-2-9(38)16(42)22(11(40)4-33)52-26-20(46)24(18(44)12(5-34)50-26)53-27-21(47)25(19(45)13(6-35)51-27)55-29(28(48)49)1-8(37)15(30-14(41)7-36)23(54-29)17(43)10(39)3-32/h8-13,15-27,31-40,42-47H,1-7H2,(H,30,41)(H,48,49)/t8-,9-,10+,11+,12+,13+,15+,16+,17+,18-,19-,20+,21+,22+,23+,24-,25-,26-,27-,29-/m0/s1. The summed E-state index contributed by atoms with van der Waals surface area (Å²) in [5.74, 6) is -6.44. The number of amides is 1. The second kappa shape index (κ2) is 20.7. The smallest absolute Gasteiger partial charge is 0.364 e. The third-order valence-corrected chi connectivity index (χ3v) is 9.32. The first-order valence-electron chi connectivity index (χ1n) is 16.8. The first-order chi connectivity index (χ1) is 25.9. The SMILES string of the molecule is O=C(CO)N[C@H]1[C@H]([C@H](O)[C@H](O)CO)O[C@@](O[C@H]2[C@@H](O)[C@@H](CO)O[C@@H](O[C@H]3[C@@H](O)[C@@H](CO)O[C@@H](O[C@@H]([C@H](O)[C@@H](O)CO)[C@H](O)CO)[C@@H]3O)[C@@H]2O)(C(=O)O)C[C@@H]1O. The monoisotopic (exact) mass is 813 g/mol. The van der Waals surface area contributed by atoms with Crippen LogP contribution in [0, 0.1) is 0 Å². The molecule has 0 aromatic heterocycles. The maximum absolute atomic E-state index is 12.8. The summed E-state index contributed by atoms with van der Waals surface area (Å²) in [4.78, 5) is 24.7. The number of carbonyl (C=O) groups excluding carboxylic acids is 1. The fraction of sp³-hybridized carbons (Fsp3) is 0.931. The molecule has 0 aromatic carbocycles. The lowest BCUT2D eigenvalue weighted by Crippen LogP contribution is -2.71. The van der Waals surface area contributed by atoms with Crippen LogP contribution < -0.4 is 5.32 Å². The van der Waals surface area contributed by atoms with Crippen LogP contribution in [0.25, 0.3) is 0 Å². The summed E-state index contributed by atoms with van der Waals surface area (Å²) in [5.41, 5.74) is 0. The van der Waals surface area contributed by atoms with Crippen molar-refractivity contribution < 1.29 is 125 Å². The Labute approximate surface area is 310 Å². The molecule has 1 amide bonds. The first-order valence-corrected chi connectivity index (χ1v) is 16.8. The Morgan fingerprint density at radius 3 is 1.76 bits per heavy atom. The van der Waals surface area contributed by atoms with Crippen LogP contribution in [0.2, 0.25) is 0 Å². The van der Waals surface area contributed by atoms with Crippen molar-refractivity contribution in [2.24, 2.45) is 0 Å². The average Bonchev–Trinajstić information content (AvgIpc) is 3.17. The van der Waals surface area contributed by atoms with E-state index in [1.807, 2.05) is 0 Å². The van der Waals surface area contributed by atoms with Crippen molar-refractivity contribution in [3.8, 4) is 0 Å². The Hall–Kier alpha value is -1.94. The maximum Gasteiger partial charge on any atom is 0.364 e. The van der Waals surface area contributed by atoms with Gasteiger partial charge in [-0.05, 0) is 0 Å². The van der Waals surface area contributed by atoms with E-state index >= 15 is 0 Å². The van der Waals surface area contributed by atoms with E-state index in [0.29, 0.717) is 0 Å². The number of carboxylic acids is 1. The number of rotatable bonds is 19. The van der Waals surface area contributed by atoms with Crippen LogP contribution in [0.3, 0.4) is 0 Å². The van der Waals surface area contributed by atoms with Crippen molar-refractivity contribution in [2.45, 2.75) is 128 Å². The fourth-order valence-electron chi connectivity index (χ4n) is 6.24. The number of aliphatic hydroxyl groups excluding tert-OH is 16. The van der Waals surface area contributed by atoms with Crippen molar-refractivity contribution in [3.63, 3.8) is 0 Å². The highest BCUT2D eigenvalue weighted by Gasteiger charge is 2.60. The van der Waals surface area contributed by atoms with Crippen molar-refractivity contribution in [3.05, 3.63) is 0 Å². The summed E-state index contributed by atoms with van der Waals surface area (Å²) in [6.45, 7) is -6.59. The molecule has 18 N–H and O–H groups in total.